The maximum atomic E-state index is 6.13. The van der Waals surface area contributed by atoms with Crippen LogP contribution in [0.2, 0.25) is 0 Å². The van der Waals surface area contributed by atoms with Gasteiger partial charge in [0.05, 0.1) is 0 Å². The summed E-state index contributed by atoms with van der Waals surface area (Å²) in [5.74, 6) is 0.717. The van der Waals surface area contributed by atoms with Crippen molar-refractivity contribution in [2.24, 2.45) is 5.73 Å². The Balaban J connectivity index is 1.73. The van der Waals surface area contributed by atoms with E-state index in [0.717, 1.165) is 42.9 Å². The molecule has 1 aromatic heterocycles. The molecule has 1 aliphatic rings. The molecular weight excluding hydrogens is 226 g/mol. The lowest BCUT2D eigenvalue weighted by molar-refractivity contribution is 0.296. The third-order valence-corrected chi connectivity index (χ3v) is 3.49. The van der Waals surface area contributed by atoms with E-state index in [1.54, 1.807) is 0 Å². The van der Waals surface area contributed by atoms with Crippen molar-refractivity contribution in [3.63, 3.8) is 0 Å². The van der Waals surface area contributed by atoms with Crippen molar-refractivity contribution in [2.75, 3.05) is 13.6 Å². The number of hydrogen-bond donors (Lipinski definition) is 1. The Kier molecular flexibility index (Phi) is 2.64. The largest absolute Gasteiger partial charge is 0.441 e. The number of rotatable bonds is 4. The summed E-state index contributed by atoms with van der Waals surface area (Å²) in [6, 6.07) is 6.19. The second kappa shape index (κ2) is 4.07. The number of nitrogens with two attached hydrogens (primary N) is 1. The highest BCUT2D eigenvalue weighted by molar-refractivity contribution is 5.73. The van der Waals surface area contributed by atoms with Crippen molar-refractivity contribution in [3.05, 3.63) is 29.7 Å². The summed E-state index contributed by atoms with van der Waals surface area (Å²) >= 11 is 0. The molecule has 0 saturated heterocycles. The van der Waals surface area contributed by atoms with E-state index in [1.807, 2.05) is 13.0 Å². The number of aryl methyl sites for hydroxylation is 1. The van der Waals surface area contributed by atoms with Crippen molar-refractivity contribution in [3.8, 4) is 0 Å². The van der Waals surface area contributed by atoms with Crippen molar-refractivity contribution < 1.29 is 4.42 Å². The van der Waals surface area contributed by atoms with Crippen LogP contribution in [-0.4, -0.2) is 29.0 Å². The van der Waals surface area contributed by atoms with E-state index >= 15 is 0 Å². The topological polar surface area (TPSA) is 55.3 Å². The Morgan fingerprint density at radius 2 is 2.22 bits per heavy atom. The molecule has 1 saturated carbocycles. The predicted molar refractivity (Wildman–Crippen MR) is 71.2 cm³/mol. The van der Waals surface area contributed by atoms with Crippen LogP contribution in [0.25, 0.3) is 11.1 Å². The minimum atomic E-state index is 0.0727. The molecule has 4 nitrogen and oxygen atoms in total. The van der Waals surface area contributed by atoms with Gasteiger partial charge in [0, 0.05) is 25.6 Å². The molecule has 2 aromatic rings. The van der Waals surface area contributed by atoms with Crippen LogP contribution in [0.4, 0.5) is 0 Å². The number of likely N-dealkylation sites (N-methyl/N-ethyl adjacent to an activating group) is 1. The Bertz CT molecular complexity index is 571. The van der Waals surface area contributed by atoms with Crippen LogP contribution in [0, 0.1) is 6.92 Å². The molecule has 1 fully saturated rings. The van der Waals surface area contributed by atoms with Crippen LogP contribution in [0.5, 0.6) is 0 Å². The van der Waals surface area contributed by atoms with Crippen LogP contribution in [0.3, 0.4) is 0 Å². The van der Waals surface area contributed by atoms with Gasteiger partial charge in [0.15, 0.2) is 11.5 Å². The Morgan fingerprint density at radius 3 is 2.94 bits per heavy atom. The number of benzene rings is 1. The second-order valence-electron chi connectivity index (χ2n) is 5.57. The van der Waals surface area contributed by atoms with E-state index in [0.29, 0.717) is 0 Å². The first kappa shape index (κ1) is 11.7. The Hall–Kier alpha value is -1.39. The van der Waals surface area contributed by atoms with Crippen LogP contribution in [0.15, 0.2) is 22.6 Å². The summed E-state index contributed by atoms with van der Waals surface area (Å²) in [6.45, 7) is 3.74. The fourth-order valence-corrected chi connectivity index (χ4v) is 2.41. The van der Waals surface area contributed by atoms with Crippen LogP contribution in [0.1, 0.15) is 24.3 Å². The molecule has 2 N–H and O–H groups in total. The van der Waals surface area contributed by atoms with E-state index in [2.05, 4.69) is 29.1 Å². The molecular formula is C14H19N3O. The zero-order valence-corrected chi connectivity index (χ0v) is 10.9. The van der Waals surface area contributed by atoms with Gasteiger partial charge < -0.3 is 15.1 Å². The molecule has 0 aliphatic heterocycles. The average Bonchev–Trinajstić information content (AvgIpc) is 2.88. The molecule has 1 aliphatic carbocycles. The molecule has 0 radical (unpaired) electrons. The molecule has 1 heterocycles. The fraction of sp³-hybridized carbons (Fsp3) is 0.500. The first-order valence-corrected chi connectivity index (χ1v) is 6.38. The highest BCUT2D eigenvalue weighted by Gasteiger charge is 2.38. The minimum Gasteiger partial charge on any atom is -0.441 e. The van der Waals surface area contributed by atoms with Gasteiger partial charge in [-0.25, -0.2) is 4.98 Å². The van der Waals surface area contributed by atoms with Gasteiger partial charge in [-0.05, 0) is 37.6 Å². The van der Waals surface area contributed by atoms with Crippen molar-refractivity contribution in [1.29, 1.82) is 0 Å². The van der Waals surface area contributed by atoms with Crippen LogP contribution < -0.4 is 5.73 Å². The summed E-state index contributed by atoms with van der Waals surface area (Å²) < 4.78 is 5.47. The van der Waals surface area contributed by atoms with E-state index in [-0.39, 0.29) is 5.54 Å². The lowest BCUT2D eigenvalue weighted by atomic mass is 10.2. The maximum Gasteiger partial charge on any atom is 0.192 e. The zero-order valence-electron chi connectivity index (χ0n) is 10.9. The molecule has 0 unspecified atom stereocenters. The first-order chi connectivity index (χ1) is 8.54. The number of fused-ring (bicyclic) bond motifs is 1. The Morgan fingerprint density at radius 1 is 1.44 bits per heavy atom. The molecule has 3 rings (SSSR count). The maximum absolute atomic E-state index is 6.13. The van der Waals surface area contributed by atoms with E-state index in [4.69, 9.17) is 10.2 Å². The summed E-state index contributed by atoms with van der Waals surface area (Å²) in [7, 11) is 2.12. The van der Waals surface area contributed by atoms with Gasteiger partial charge in [0.2, 0.25) is 0 Å². The van der Waals surface area contributed by atoms with Gasteiger partial charge in [-0.3, -0.25) is 0 Å². The monoisotopic (exact) mass is 245 g/mol. The second-order valence-corrected chi connectivity index (χ2v) is 5.57. The standard InChI is InChI=1S/C14H19N3O/c1-10-16-12-7-11(3-4-13(12)18-10)8-17(2)9-14(15)5-6-14/h3-4,7H,5-6,8-9,15H2,1-2H3. The van der Waals surface area contributed by atoms with Crippen LogP contribution >= 0.6 is 0 Å². The molecule has 96 valence electrons. The van der Waals surface area contributed by atoms with E-state index in [1.165, 1.54) is 5.56 Å². The summed E-state index contributed by atoms with van der Waals surface area (Å²) in [6.07, 6.45) is 2.30. The highest BCUT2D eigenvalue weighted by Crippen LogP contribution is 2.32. The van der Waals surface area contributed by atoms with Gasteiger partial charge in [-0.1, -0.05) is 6.07 Å². The van der Waals surface area contributed by atoms with Gasteiger partial charge in [0.25, 0.3) is 0 Å². The molecule has 18 heavy (non-hydrogen) atoms. The minimum absolute atomic E-state index is 0.0727. The smallest absolute Gasteiger partial charge is 0.192 e. The third kappa shape index (κ3) is 2.40. The molecule has 0 atom stereocenters. The molecule has 0 spiro atoms. The number of nitrogens with zero attached hydrogens (tertiary/aromatic N) is 2. The van der Waals surface area contributed by atoms with E-state index in [9.17, 15) is 0 Å². The lowest BCUT2D eigenvalue weighted by Gasteiger charge is -2.20. The summed E-state index contributed by atoms with van der Waals surface area (Å²) in [4.78, 5) is 6.64. The predicted octanol–water partition coefficient (Wildman–Crippen LogP) is 2.06. The van der Waals surface area contributed by atoms with Gasteiger partial charge in [-0.15, -0.1) is 0 Å². The van der Waals surface area contributed by atoms with Gasteiger partial charge in [0.1, 0.15) is 5.52 Å². The number of aromatic nitrogens is 1. The van der Waals surface area contributed by atoms with E-state index < -0.39 is 0 Å². The van der Waals surface area contributed by atoms with Crippen molar-refractivity contribution in [1.82, 2.24) is 9.88 Å². The first-order valence-electron chi connectivity index (χ1n) is 6.38. The quantitative estimate of drug-likeness (QED) is 0.895. The molecule has 1 aromatic carbocycles. The zero-order chi connectivity index (χ0) is 12.8. The lowest BCUT2D eigenvalue weighted by Crippen LogP contribution is -2.36. The average molecular weight is 245 g/mol. The normalized spacial score (nSPS) is 17.6. The summed E-state index contributed by atoms with van der Waals surface area (Å²) in [5.41, 5.74) is 9.25. The highest BCUT2D eigenvalue weighted by atomic mass is 16.3. The van der Waals surface area contributed by atoms with Gasteiger partial charge in [-0.2, -0.15) is 0 Å². The Labute approximate surface area is 107 Å². The molecule has 0 bridgehead atoms. The molecule has 0 amide bonds. The number of hydrogen-bond acceptors (Lipinski definition) is 4. The van der Waals surface area contributed by atoms with Crippen LogP contribution in [-0.2, 0) is 6.54 Å². The number of oxazole rings is 1. The SMILES string of the molecule is Cc1nc2cc(CN(C)CC3(N)CC3)ccc2o1. The van der Waals surface area contributed by atoms with Gasteiger partial charge >= 0.3 is 0 Å². The fourth-order valence-electron chi connectivity index (χ4n) is 2.41. The van der Waals surface area contributed by atoms with Crippen molar-refractivity contribution >= 4 is 11.1 Å². The third-order valence-electron chi connectivity index (χ3n) is 3.49. The molecule has 4 heteroatoms. The van der Waals surface area contributed by atoms with Crippen molar-refractivity contribution in [2.45, 2.75) is 31.8 Å². The summed E-state index contributed by atoms with van der Waals surface area (Å²) in [5, 5.41) is 0.